The maximum Gasteiger partial charge on any atom is 0.274 e. The van der Waals surface area contributed by atoms with E-state index in [0.29, 0.717) is 28.9 Å². The molecule has 0 aliphatic rings. The van der Waals surface area contributed by atoms with E-state index in [-0.39, 0.29) is 5.91 Å². The number of carbonyl (C=O) groups excluding carboxylic acids is 1. The van der Waals surface area contributed by atoms with E-state index in [1.165, 1.54) is 0 Å². The normalized spacial score (nSPS) is 10.5. The molecule has 1 N–H and O–H groups in total. The smallest absolute Gasteiger partial charge is 0.274 e. The number of anilines is 3. The summed E-state index contributed by atoms with van der Waals surface area (Å²) in [5.74, 6) is 0.183. The number of carbonyl (C=O) groups is 1. The molecule has 0 saturated heterocycles. The van der Waals surface area contributed by atoms with Gasteiger partial charge in [0, 0.05) is 29.1 Å². The first-order valence-corrected chi connectivity index (χ1v) is 9.10. The van der Waals surface area contributed by atoms with Crippen molar-refractivity contribution >= 4 is 34.8 Å². The zero-order chi connectivity index (χ0) is 19.4. The predicted molar refractivity (Wildman–Crippen MR) is 110 cm³/mol. The van der Waals surface area contributed by atoms with Crippen LogP contribution in [0.5, 0.6) is 0 Å². The van der Waals surface area contributed by atoms with Gasteiger partial charge in [0.25, 0.3) is 5.91 Å². The molecule has 6 heteroatoms. The number of benzene rings is 2. The van der Waals surface area contributed by atoms with Crippen molar-refractivity contribution in [2.24, 2.45) is 0 Å². The molecule has 0 radical (unpaired) electrons. The van der Waals surface area contributed by atoms with Gasteiger partial charge in [-0.2, -0.15) is 0 Å². The van der Waals surface area contributed by atoms with Gasteiger partial charge in [0.2, 0.25) is 5.95 Å². The molecule has 0 atom stereocenters. The number of hydrogen-bond donors (Lipinski definition) is 1. The first-order chi connectivity index (χ1) is 13.0. The molecular weight excluding hydrogens is 360 g/mol. The fraction of sp³-hybridized carbons (Fsp3) is 0.190. The van der Waals surface area contributed by atoms with Crippen molar-refractivity contribution < 1.29 is 4.79 Å². The fourth-order valence-corrected chi connectivity index (χ4v) is 2.93. The molecule has 0 unspecified atom stereocenters. The number of aryl methyl sites for hydroxylation is 2. The van der Waals surface area contributed by atoms with Gasteiger partial charge in [-0.15, -0.1) is 0 Å². The van der Waals surface area contributed by atoms with E-state index < -0.39 is 0 Å². The average molecular weight is 381 g/mol. The molecule has 0 bridgehead atoms. The Balaban J connectivity index is 1.88. The standard InChI is InChI=1S/C21H21ClN4O/c1-4-26(17-7-5-6-14(2)12-17)21-23-11-10-18(25-21)20(27)24-19-13-16(22)9-8-15(19)3/h5-13H,4H2,1-3H3,(H,24,27). The minimum atomic E-state index is -0.302. The highest BCUT2D eigenvalue weighted by molar-refractivity contribution is 6.31. The van der Waals surface area contributed by atoms with Gasteiger partial charge in [-0.3, -0.25) is 4.79 Å². The van der Waals surface area contributed by atoms with E-state index in [4.69, 9.17) is 11.6 Å². The largest absolute Gasteiger partial charge is 0.320 e. The number of rotatable bonds is 5. The van der Waals surface area contributed by atoms with E-state index >= 15 is 0 Å². The molecule has 1 amide bonds. The van der Waals surface area contributed by atoms with Crippen molar-refractivity contribution in [1.82, 2.24) is 9.97 Å². The van der Waals surface area contributed by atoms with E-state index in [1.54, 1.807) is 24.4 Å². The lowest BCUT2D eigenvalue weighted by molar-refractivity contribution is 0.102. The maximum absolute atomic E-state index is 12.7. The minimum Gasteiger partial charge on any atom is -0.320 e. The number of halogens is 1. The predicted octanol–water partition coefficient (Wildman–Crippen LogP) is 5.16. The molecule has 0 aliphatic carbocycles. The maximum atomic E-state index is 12.7. The van der Waals surface area contributed by atoms with E-state index in [2.05, 4.69) is 21.4 Å². The van der Waals surface area contributed by atoms with Gasteiger partial charge in [0.05, 0.1) is 0 Å². The van der Waals surface area contributed by atoms with Gasteiger partial charge < -0.3 is 10.2 Å². The van der Waals surface area contributed by atoms with Crippen LogP contribution >= 0.6 is 11.6 Å². The summed E-state index contributed by atoms with van der Waals surface area (Å²) in [7, 11) is 0. The third-order valence-electron chi connectivity index (χ3n) is 4.19. The molecule has 5 nitrogen and oxygen atoms in total. The van der Waals surface area contributed by atoms with Crippen LogP contribution in [0.2, 0.25) is 5.02 Å². The summed E-state index contributed by atoms with van der Waals surface area (Å²) in [5, 5.41) is 3.43. The highest BCUT2D eigenvalue weighted by atomic mass is 35.5. The molecular formula is C21H21ClN4O. The highest BCUT2D eigenvalue weighted by Gasteiger charge is 2.15. The van der Waals surface area contributed by atoms with Crippen LogP contribution in [0.3, 0.4) is 0 Å². The second kappa shape index (κ2) is 8.18. The molecule has 0 saturated carbocycles. The third kappa shape index (κ3) is 4.44. The Morgan fingerprint density at radius 1 is 1.15 bits per heavy atom. The number of hydrogen-bond acceptors (Lipinski definition) is 4. The summed E-state index contributed by atoms with van der Waals surface area (Å²) in [5.41, 5.74) is 4.03. The molecule has 1 heterocycles. The summed E-state index contributed by atoms with van der Waals surface area (Å²) in [6, 6.07) is 15.1. The van der Waals surface area contributed by atoms with Crippen molar-refractivity contribution in [2.45, 2.75) is 20.8 Å². The monoisotopic (exact) mass is 380 g/mol. The van der Waals surface area contributed by atoms with Crippen LogP contribution in [0.15, 0.2) is 54.7 Å². The van der Waals surface area contributed by atoms with E-state index in [0.717, 1.165) is 16.8 Å². The Morgan fingerprint density at radius 2 is 1.96 bits per heavy atom. The van der Waals surface area contributed by atoms with Crippen molar-refractivity contribution in [3.8, 4) is 0 Å². The summed E-state index contributed by atoms with van der Waals surface area (Å²) in [6.45, 7) is 6.65. The molecule has 138 valence electrons. The second-order valence-corrected chi connectivity index (χ2v) is 6.67. The molecule has 0 spiro atoms. The van der Waals surface area contributed by atoms with Crippen LogP contribution in [0, 0.1) is 13.8 Å². The van der Waals surface area contributed by atoms with Crippen LogP contribution in [0.1, 0.15) is 28.5 Å². The van der Waals surface area contributed by atoms with Crippen LogP contribution in [0.4, 0.5) is 17.3 Å². The average Bonchev–Trinajstić information content (AvgIpc) is 2.66. The number of amides is 1. The van der Waals surface area contributed by atoms with Gasteiger partial charge in [0.15, 0.2) is 0 Å². The number of nitrogens with zero attached hydrogens (tertiary/aromatic N) is 3. The van der Waals surface area contributed by atoms with Crippen LogP contribution in [-0.4, -0.2) is 22.4 Å². The highest BCUT2D eigenvalue weighted by Crippen LogP contribution is 2.24. The Hall–Kier alpha value is -2.92. The van der Waals surface area contributed by atoms with Gasteiger partial charge in [-0.1, -0.05) is 29.8 Å². The second-order valence-electron chi connectivity index (χ2n) is 6.24. The van der Waals surface area contributed by atoms with Gasteiger partial charge in [-0.25, -0.2) is 9.97 Å². The van der Waals surface area contributed by atoms with Crippen molar-refractivity contribution in [1.29, 1.82) is 0 Å². The van der Waals surface area contributed by atoms with Crippen LogP contribution in [-0.2, 0) is 0 Å². The molecule has 3 aromatic rings. The molecule has 0 fully saturated rings. The molecule has 2 aromatic carbocycles. The lowest BCUT2D eigenvalue weighted by atomic mass is 10.2. The molecule has 3 rings (SSSR count). The minimum absolute atomic E-state index is 0.297. The quantitative estimate of drug-likeness (QED) is 0.664. The fourth-order valence-electron chi connectivity index (χ4n) is 2.76. The zero-order valence-corrected chi connectivity index (χ0v) is 16.3. The topological polar surface area (TPSA) is 58.1 Å². The summed E-state index contributed by atoms with van der Waals surface area (Å²) < 4.78 is 0. The SMILES string of the molecule is CCN(c1cccc(C)c1)c1nccc(C(=O)Nc2cc(Cl)ccc2C)n1. The summed E-state index contributed by atoms with van der Waals surface area (Å²) in [4.78, 5) is 23.5. The Morgan fingerprint density at radius 3 is 2.70 bits per heavy atom. The third-order valence-corrected chi connectivity index (χ3v) is 4.43. The van der Waals surface area contributed by atoms with Crippen LogP contribution < -0.4 is 10.2 Å². The van der Waals surface area contributed by atoms with Crippen molar-refractivity contribution in [3.63, 3.8) is 0 Å². The Kier molecular flexibility index (Phi) is 5.72. The molecule has 1 aromatic heterocycles. The zero-order valence-electron chi connectivity index (χ0n) is 15.5. The lowest BCUT2D eigenvalue weighted by Gasteiger charge is -2.21. The number of nitrogens with one attached hydrogen (secondary N) is 1. The molecule has 0 aliphatic heterocycles. The van der Waals surface area contributed by atoms with Gasteiger partial charge >= 0.3 is 0 Å². The van der Waals surface area contributed by atoms with Crippen molar-refractivity contribution in [2.75, 3.05) is 16.8 Å². The Bertz CT molecular complexity index is 974. The lowest BCUT2D eigenvalue weighted by Crippen LogP contribution is -2.21. The van der Waals surface area contributed by atoms with Crippen LogP contribution in [0.25, 0.3) is 0 Å². The Labute approximate surface area is 164 Å². The van der Waals surface area contributed by atoms with Gasteiger partial charge in [-0.05, 0) is 62.2 Å². The van der Waals surface area contributed by atoms with E-state index in [9.17, 15) is 4.79 Å². The summed E-state index contributed by atoms with van der Waals surface area (Å²) >= 11 is 6.03. The molecule has 27 heavy (non-hydrogen) atoms. The first kappa shape index (κ1) is 18.9. The number of aromatic nitrogens is 2. The first-order valence-electron chi connectivity index (χ1n) is 8.72. The van der Waals surface area contributed by atoms with Gasteiger partial charge in [0.1, 0.15) is 5.69 Å². The van der Waals surface area contributed by atoms with Crippen molar-refractivity contribution in [3.05, 3.63) is 76.6 Å². The summed E-state index contributed by atoms with van der Waals surface area (Å²) in [6.07, 6.45) is 1.60. The van der Waals surface area contributed by atoms with E-state index in [1.807, 2.05) is 49.9 Å².